The molecule has 8 heteroatoms. The molecule has 0 aromatic heterocycles. The standard InChI is InChI=1S/C28H31FN2O3S2/c1-19-4-6-22(7-5-19)16-30-28(32)26-15-25(36(33,34)31-17-20(2)14-21(3)18-31)12-13-27(26)35-24-10-8-23(29)9-11-24/h4-13,15,20-21H,14,16-18H2,1-3H3,(H,30,32). The molecular weight excluding hydrogens is 495 g/mol. The molecular formula is C28H31FN2O3S2. The van der Waals surface area contributed by atoms with Gasteiger partial charge in [-0.25, -0.2) is 12.8 Å². The Morgan fingerprint density at radius 3 is 2.28 bits per heavy atom. The second kappa shape index (κ2) is 11.2. The maximum atomic E-state index is 13.5. The number of carbonyl (C=O) groups excluding carboxylic acids is 1. The lowest BCUT2D eigenvalue weighted by Crippen LogP contribution is -2.42. The molecule has 1 aliphatic heterocycles. The summed E-state index contributed by atoms with van der Waals surface area (Å²) in [4.78, 5) is 14.8. The minimum absolute atomic E-state index is 0.104. The number of carbonyl (C=O) groups is 1. The SMILES string of the molecule is Cc1ccc(CNC(=O)c2cc(S(=O)(=O)N3CC(C)CC(C)C3)ccc2Sc2ccc(F)cc2)cc1. The van der Waals surface area contributed by atoms with Crippen LogP contribution in [0.1, 0.15) is 41.8 Å². The predicted octanol–water partition coefficient (Wildman–Crippen LogP) is 5.88. The largest absolute Gasteiger partial charge is 0.348 e. The van der Waals surface area contributed by atoms with Crippen LogP contribution in [0, 0.1) is 24.6 Å². The molecule has 1 fully saturated rings. The molecule has 0 radical (unpaired) electrons. The zero-order valence-electron chi connectivity index (χ0n) is 20.7. The van der Waals surface area contributed by atoms with Crippen LogP contribution in [0.2, 0.25) is 0 Å². The summed E-state index contributed by atoms with van der Waals surface area (Å²) >= 11 is 1.29. The summed E-state index contributed by atoms with van der Waals surface area (Å²) in [7, 11) is -3.76. The molecule has 3 aromatic carbocycles. The van der Waals surface area contributed by atoms with Gasteiger partial charge >= 0.3 is 0 Å². The van der Waals surface area contributed by atoms with Gasteiger partial charge < -0.3 is 5.32 Å². The van der Waals surface area contributed by atoms with Gasteiger partial charge in [0.15, 0.2) is 0 Å². The highest BCUT2D eigenvalue weighted by atomic mass is 32.2. The Balaban J connectivity index is 1.65. The van der Waals surface area contributed by atoms with E-state index in [-0.39, 0.29) is 34.0 Å². The van der Waals surface area contributed by atoms with Crippen molar-refractivity contribution >= 4 is 27.7 Å². The molecule has 3 aromatic rings. The van der Waals surface area contributed by atoms with Crippen molar-refractivity contribution in [2.45, 2.75) is 48.4 Å². The maximum Gasteiger partial charge on any atom is 0.252 e. The smallest absolute Gasteiger partial charge is 0.252 e. The van der Waals surface area contributed by atoms with Gasteiger partial charge in [-0.1, -0.05) is 55.4 Å². The molecule has 2 unspecified atom stereocenters. The van der Waals surface area contributed by atoms with Crippen molar-refractivity contribution < 1.29 is 17.6 Å². The highest BCUT2D eigenvalue weighted by Gasteiger charge is 2.32. The number of aryl methyl sites for hydroxylation is 1. The van der Waals surface area contributed by atoms with Crippen molar-refractivity contribution in [2.24, 2.45) is 11.8 Å². The van der Waals surface area contributed by atoms with Gasteiger partial charge in [-0.15, -0.1) is 0 Å². The van der Waals surface area contributed by atoms with E-state index in [9.17, 15) is 17.6 Å². The third-order valence-electron chi connectivity index (χ3n) is 6.28. The van der Waals surface area contributed by atoms with Gasteiger partial charge in [-0.3, -0.25) is 4.79 Å². The molecule has 0 saturated carbocycles. The zero-order chi connectivity index (χ0) is 25.9. The van der Waals surface area contributed by atoms with Crippen LogP contribution in [-0.4, -0.2) is 31.7 Å². The number of sulfonamides is 1. The van der Waals surface area contributed by atoms with Crippen molar-refractivity contribution in [3.63, 3.8) is 0 Å². The summed E-state index contributed by atoms with van der Waals surface area (Å²) in [6.07, 6.45) is 0.992. The van der Waals surface area contributed by atoms with E-state index in [0.29, 0.717) is 24.5 Å². The van der Waals surface area contributed by atoms with Crippen LogP contribution in [0.25, 0.3) is 0 Å². The molecule has 1 saturated heterocycles. The highest BCUT2D eigenvalue weighted by molar-refractivity contribution is 7.99. The Morgan fingerprint density at radius 1 is 1.00 bits per heavy atom. The summed E-state index contributed by atoms with van der Waals surface area (Å²) in [5.41, 5.74) is 2.35. The summed E-state index contributed by atoms with van der Waals surface area (Å²) < 4.78 is 42.0. The van der Waals surface area contributed by atoms with Gasteiger partial charge in [-0.05, 0) is 73.2 Å². The molecule has 5 nitrogen and oxygen atoms in total. The third kappa shape index (κ3) is 6.35. The number of rotatable bonds is 7. The summed E-state index contributed by atoms with van der Waals surface area (Å²) in [5, 5.41) is 2.92. The first-order valence-corrected chi connectivity index (χ1v) is 14.3. The Hall–Kier alpha value is -2.68. The Morgan fingerprint density at radius 2 is 1.64 bits per heavy atom. The molecule has 0 aliphatic carbocycles. The Labute approximate surface area is 217 Å². The van der Waals surface area contributed by atoms with Crippen LogP contribution in [0.3, 0.4) is 0 Å². The fourth-order valence-electron chi connectivity index (χ4n) is 4.50. The van der Waals surface area contributed by atoms with Gasteiger partial charge in [0.2, 0.25) is 10.0 Å². The van der Waals surface area contributed by atoms with Crippen LogP contribution in [0.15, 0.2) is 81.4 Å². The molecule has 190 valence electrons. The number of hydrogen-bond donors (Lipinski definition) is 1. The topological polar surface area (TPSA) is 66.5 Å². The maximum absolute atomic E-state index is 13.5. The monoisotopic (exact) mass is 526 g/mol. The molecule has 4 rings (SSSR count). The minimum Gasteiger partial charge on any atom is -0.348 e. The molecule has 1 N–H and O–H groups in total. The summed E-state index contributed by atoms with van der Waals surface area (Å²) in [6.45, 7) is 7.37. The van der Waals surface area contributed by atoms with Gasteiger partial charge in [0.05, 0.1) is 10.5 Å². The lowest BCUT2D eigenvalue weighted by molar-refractivity contribution is 0.0947. The van der Waals surface area contributed by atoms with Gasteiger partial charge in [0, 0.05) is 29.4 Å². The molecule has 0 spiro atoms. The lowest BCUT2D eigenvalue weighted by atomic mass is 9.94. The van der Waals surface area contributed by atoms with E-state index < -0.39 is 10.0 Å². The van der Waals surface area contributed by atoms with E-state index in [2.05, 4.69) is 19.2 Å². The van der Waals surface area contributed by atoms with Crippen molar-refractivity contribution in [1.29, 1.82) is 0 Å². The first-order chi connectivity index (χ1) is 17.1. The van der Waals surface area contributed by atoms with Crippen molar-refractivity contribution in [1.82, 2.24) is 9.62 Å². The third-order valence-corrected chi connectivity index (χ3v) is 9.20. The normalized spacial score (nSPS) is 18.7. The Kier molecular flexibility index (Phi) is 8.17. The van der Waals surface area contributed by atoms with E-state index in [1.54, 1.807) is 24.3 Å². The van der Waals surface area contributed by atoms with Crippen molar-refractivity contribution in [3.05, 3.63) is 89.2 Å². The van der Waals surface area contributed by atoms with Crippen molar-refractivity contribution in [2.75, 3.05) is 13.1 Å². The van der Waals surface area contributed by atoms with E-state index >= 15 is 0 Å². The average Bonchev–Trinajstić information content (AvgIpc) is 2.84. The fraction of sp³-hybridized carbons (Fsp3) is 0.321. The van der Waals surface area contributed by atoms with Gasteiger partial charge in [0.1, 0.15) is 5.82 Å². The highest BCUT2D eigenvalue weighted by Crippen LogP contribution is 2.34. The lowest BCUT2D eigenvalue weighted by Gasteiger charge is -2.34. The van der Waals surface area contributed by atoms with Crippen LogP contribution < -0.4 is 5.32 Å². The quantitative estimate of drug-likeness (QED) is 0.417. The molecule has 1 heterocycles. The molecule has 2 atom stereocenters. The number of nitrogens with one attached hydrogen (secondary N) is 1. The molecule has 36 heavy (non-hydrogen) atoms. The first kappa shape index (κ1) is 26.4. The van der Waals surface area contributed by atoms with E-state index in [4.69, 9.17) is 0 Å². The average molecular weight is 527 g/mol. The minimum atomic E-state index is -3.76. The number of nitrogens with zero attached hydrogens (tertiary/aromatic N) is 1. The number of amides is 1. The number of piperidine rings is 1. The number of benzene rings is 3. The van der Waals surface area contributed by atoms with E-state index in [1.807, 2.05) is 31.2 Å². The second-order valence-electron chi connectivity index (χ2n) is 9.65. The zero-order valence-corrected chi connectivity index (χ0v) is 22.3. The fourth-order valence-corrected chi connectivity index (χ4v) is 7.13. The summed E-state index contributed by atoms with van der Waals surface area (Å²) in [5.74, 6) is -0.164. The van der Waals surface area contributed by atoms with E-state index in [0.717, 1.165) is 22.4 Å². The van der Waals surface area contributed by atoms with Crippen LogP contribution in [0.5, 0.6) is 0 Å². The molecule has 1 amide bonds. The molecule has 1 aliphatic rings. The van der Waals surface area contributed by atoms with Crippen LogP contribution in [0.4, 0.5) is 4.39 Å². The second-order valence-corrected chi connectivity index (χ2v) is 12.7. The first-order valence-electron chi connectivity index (χ1n) is 12.0. The predicted molar refractivity (Wildman–Crippen MR) is 141 cm³/mol. The van der Waals surface area contributed by atoms with Crippen LogP contribution >= 0.6 is 11.8 Å². The van der Waals surface area contributed by atoms with E-state index in [1.165, 1.54) is 34.3 Å². The number of hydrogen-bond acceptors (Lipinski definition) is 4. The van der Waals surface area contributed by atoms with Gasteiger partial charge in [-0.2, -0.15) is 4.31 Å². The summed E-state index contributed by atoms with van der Waals surface area (Å²) in [6, 6.07) is 18.5. The number of halogens is 1. The van der Waals surface area contributed by atoms with Crippen LogP contribution in [-0.2, 0) is 16.6 Å². The molecule has 0 bridgehead atoms. The van der Waals surface area contributed by atoms with Gasteiger partial charge in [0.25, 0.3) is 5.91 Å². The Bertz CT molecular complexity index is 1320. The van der Waals surface area contributed by atoms with Crippen molar-refractivity contribution in [3.8, 4) is 0 Å².